The summed E-state index contributed by atoms with van der Waals surface area (Å²) < 4.78 is 10.4. The van der Waals surface area contributed by atoms with Crippen LogP contribution in [-0.2, 0) is 0 Å². The fourth-order valence-electron chi connectivity index (χ4n) is 1.98. The van der Waals surface area contributed by atoms with Crippen molar-refractivity contribution in [2.45, 2.75) is 6.92 Å². The van der Waals surface area contributed by atoms with Crippen LogP contribution in [0, 0.1) is 6.92 Å². The first-order valence-electron chi connectivity index (χ1n) is 6.35. The van der Waals surface area contributed by atoms with Crippen LogP contribution in [0.4, 0.5) is 0 Å². The van der Waals surface area contributed by atoms with E-state index in [0.717, 1.165) is 16.6 Å². The first-order valence-corrected chi connectivity index (χ1v) is 7.73. The maximum Gasteiger partial charge on any atom is 0.190 e. The first kappa shape index (κ1) is 15.8. The summed E-state index contributed by atoms with van der Waals surface area (Å²) in [6.07, 6.45) is 0. The molecule has 2 aromatic rings. The second kappa shape index (κ2) is 6.93. The number of benzene rings is 2. The zero-order chi connectivity index (χ0) is 15.4. The molecule has 0 N–H and O–H groups in total. The van der Waals surface area contributed by atoms with E-state index in [1.165, 1.54) is 7.11 Å². The Morgan fingerprint density at radius 3 is 2.52 bits per heavy atom. The maximum atomic E-state index is 12.5. The molecule has 1 unspecified atom stereocenters. The summed E-state index contributed by atoms with van der Waals surface area (Å²) in [5.74, 6) is 1.29. The Kier molecular flexibility index (Phi) is 5.22. The topological polar surface area (TPSA) is 35.5 Å². The number of rotatable bonds is 5. The van der Waals surface area contributed by atoms with Gasteiger partial charge in [0.2, 0.25) is 0 Å². The van der Waals surface area contributed by atoms with Crippen LogP contribution < -0.4 is 14.8 Å². The molecule has 21 heavy (non-hydrogen) atoms. The molecule has 5 heteroatoms. The number of aryl methyl sites for hydroxylation is 1. The number of methoxy groups -OCH3 is 2. The molecule has 0 amide bonds. The van der Waals surface area contributed by atoms with E-state index in [-0.39, 0.29) is 14.1 Å². The molecule has 0 heterocycles. The molecule has 3 nitrogen and oxygen atoms in total. The Hall–Kier alpha value is -1.57. The highest BCUT2D eigenvalue weighted by molar-refractivity contribution is 7.66. The largest absolute Gasteiger partial charge is 0.497 e. The number of ether oxygens (including phenoxy) is 2. The highest BCUT2D eigenvalue weighted by Gasteiger charge is 2.17. The van der Waals surface area contributed by atoms with Crippen molar-refractivity contribution in [2.24, 2.45) is 0 Å². The van der Waals surface area contributed by atoms with E-state index in [1.807, 2.05) is 25.1 Å². The van der Waals surface area contributed by atoms with Crippen molar-refractivity contribution < 1.29 is 14.3 Å². The van der Waals surface area contributed by atoms with Gasteiger partial charge in [0.1, 0.15) is 11.5 Å². The Balaban J connectivity index is 2.30. The van der Waals surface area contributed by atoms with Crippen LogP contribution in [0.2, 0.25) is 5.02 Å². The van der Waals surface area contributed by atoms with E-state index >= 15 is 0 Å². The molecule has 0 aromatic heterocycles. The van der Waals surface area contributed by atoms with Crippen LogP contribution in [0.15, 0.2) is 36.4 Å². The molecule has 0 saturated heterocycles. The van der Waals surface area contributed by atoms with Gasteiger partial charge < -0.3 is 9.47 Å². The minimum atomic E-state index is -0.0364. The summed E-state index contributed by atoms with van der Waals surface area (Å²) in [6, 6.07) is 10.9. The lowest BCUT2D eigenvalue weighted by atomic mass is 10.2. The summed E-state index contributed by atoms with van der Waals surface area (Å²) in [5.41, 5.74) is 1.42. The van der Waals surface area contributed by atoms with E-state index in [0.29, 0.717) is 16.3 Å². The minimum absolute atomic E-state index is 0.0108. The summed E-state index contributed by atoms with van der Waals surface area (Å²) in [4.78, 5) is 12.5. The smallest absolute Gasteiger partial charge is 0.190 e. The third-order valence-electron chi connectivity index (χ3n) is 3.10. The van der Waals surface area contributed by atoms with E-state index in [1.54, 1.807) is 25.3 Å². The van der Waals surface area contributed by atoms with Crippen LogP contribution in [0.1, 0.15) is 15.9 Å². The van der Waals surface area contributed by atoms with Crippen molar-refractivity contribution in [2.75, 3.05) is 14.2 Å². The van der Waals surface area contributed by atoms with Crippen molar-refractivity contribution in [3.63, 3.8) is 0 Å². The summed E-state index contributed by atoms with van der Waals surface area (Å²) in [6.45, 7) is 1.96. The van der Waals surface area contributed by atoms with Gasteiger partial charge >= 0.3 is 0 Å². The average molecular weight is 323 g/mol. The molecule has 2 rings (SSSR count). The molecular weight excluding hydrogens is 307 g/mol. The Morgan fingerprint density at radius 2 is 1.90 bits per heavy atom. The molecule has 0 aliphatic rings. The molecule has 0 bridgehead atoms. The van der Waals surface area contributed by atoms with Gasteiger partial charge in [0.25, 0.3) is 0 Å². The molecule has 0 radical (unpaired) electrons. The van der Waals surface area contributed by atoms with Gasteiger partial charge in [-0.05, 0) is 50.6 Å². The predicted molar refractivity (Wildman–Crippen MR) is 88.0 cm³/mol. The number of hydrogen-bond acceptors (Lipinski definition) is 3. The molecular formula is C16H16ClO3P. The molecule has 110 valence electrons. The molecule has 0 fully saturated rings. The highest BCUT2D eigenvalue weighted by Crippen LogP contribution is 2.32. The van der Waals surface area contributed by atoms with Crippen molar-refractivity contribution in [3.05, 3.63) is 52.5 Å². The maximum absolute atomic E-state index is 12.5. The normalized spacial score (nSPS) is 10.9. The number of carbonyl (C=O) groups excluding carboxylic acids is 1. The lowest BCUT2D eigenvalue weighted by Crippen LogP contribution is -2.06. The summed E-state index contributed by atoms with van der Waals surface area (Å²) >= 11 is 6.14. The standard InChI is InChI=1S/C16H16ClO3P/c1-10-9-11(19-2)7-8-14(10)21-16(18)15-12(17)5-4-6-13(15)20-3/h4-9,21H,1-3H3. The highest BCUT2D eigenvalue weighted by atomic mass is 35.5. The second-order valence-corrected chi connectivity index (χ2v) is 6.10. The van der Waals surface area contributed by atoms with E-state index < -0.39 is 0 Å². The Labute approximate surface area is 131 Å². The van der Waals surface area contributed by atoms with Gasteiger partial charge in [0.05, 0.1) is 24.8 Å². The van der Waals surface area contributed by atoms with Gasteiger partial charge in [-0.3, -0.25) is 4.79 Å². The van der Waals surface area contributed by atoms with Gasteiger partial charge in [-0.25, -0.2) is 0 Å². The lowest BCUT2D eigenvalue weighted by molar-refractivity contribution is 0.108. The Morgan fingerprint density at radius 1 is 1.14 bits per heavy atom. The third-order valence-corrected chi connectivity index (χ3v) is 4.73. The number of hydrogen-bond donors (Lipinski definition) is 0. The molecule has 2 aromatic carbocycles. The minimum Gasteiger partial charge on any atom is -0.497 e. The zero-order valence-corrected chi connectivity index (χ0v) is 13.8. The fourth-order valence-corrected chi connectivity index (χ4v) is 3.38. The van der Waals surface area contributed by atoms with Crippen molar-refractivity contribution in [3.8, 4) is 11.5 Å². The van der Waals surface area contributed by atoms with Gasteiger partial charge in [0, 0.05) is 0 Å². The van der Waals surface area contributed by atoms with Crippen molar-refractivity contribution in [1.29, 1.82) is 0 Å². The van der Waals surface area contributed by atoms with Crippen LogP contribution in [0.25, 0.3) is 0 Å². The monoisotopic (exact) mass is 322 g/mol. The van der Waals surface area contributed by atoms with E-state index in [4.69, 9.17) is 21.1 Å². The van der Waals surface area contributed by atoms with Crippen LogP contribution in [-0.4, -0.2) is 19.7 Å². The van der Waals surface area contributed by atoms with Gasteiger partial charge in [-0.15, -0.1) is 0 Å². The second-order valence-electron chi connectivity index (χ2n) is 4.45. The van der Waals surface area contributed by atoms with Crippen LogP contribution in [0.5, 0.6) is 11.5 Å². The van der Waals surface area contributed by atoms with Crippen molar-refractivity contribution in [1.82, 2.24) is 0 Å². The van der Waals surface area contributed by atoms with Crippen LogP contribution >= 0.6 is 20.2 Å². The van der Waals surface area contributed by atoms with Crippen molar-refractivity contribution >= 4 is 31.0 Å². The van der Waals surface area contributed by atoms with E-state index in [9.17, 15) is 4.79 Å². The molecule has 1 atom stereocenters. The molecule has 0 aliphatic heterocycles. The fraction of sp³-hybridized carbons (Fsp3) is 0.188. The summed E-state index contributed by atoms with van der Waals surface area (Å²) in [5, 5.41) is 1.39. The molecule has 0 saturated carbocycles. The Bertz CT molecular complexity index is 671. The first-order chi connectivity index (χ1) is 10.1. The average Bonchev–Trinajstić information content (AvgIpc) is 2.48. The lowest BCUT2D eigenvalue weighted by Gasteiger charge is -2.11. The number of halogens is 1. The quantitative estimate of drug-likeness (QED) is 0.785. The summed E-state index contributed by atoms with van der Waals surface area (Å²) in [7, 11) is 3.14. The van der Waals surface area contributed by atoms with Gasteiger partial charge in [0.15, 0.2) is 5.52 Å². The van der Waals surface area contributed by atoms with E-state index in [2.05, 4.69) is 0 Å². The SMILES string of the molecule is COc1ccc(PC(=O)c2c(Cl)cccc2OC)c(C)c1. The zero-order valence-electron chi connectivity index (χ0n) is 12.1. The van der Waals surface area contributed by atoms with Gasteiger partial charge in [-0.2, -0.15) is 0 Å². The molecule has 0 aliphatic carbocycles. The number of carbonyl (C=O) groups is 1. The molecule has 0 spiro atoms. The third kappa shape index (κ3) is 3.55. The van der Waals surface area contributed by atoms with Gasteiger partial charge in [-0.1, -0.05) is 23.7 Å². The predicted octanol–water partition coefficient (Wildman–Crippen LogP) is 3.81. The van der Waals surface area contributed by atoms with Crippen LogP contribution in [0.3, 0.4) is 0 Å².